The summed E-state index contributed by atoms with van der Waals surface area (Å²) in [5, 5.41) is 21.1. The van der Waals surface area contributed by atoms with Crippen molar-refractivity contribution >= 4 is 0 Å². The summed E-state index contributed by atoms with van der Waals surface area (Å²) in [6, 6.07) is 0. The maximum Gasteiger partial charge on any atom is 0.0750 e. The lowest BCUT2D eigenvalue weighted by Crippen LogP contribution is -2.51. The zero-order valence-corrected chi connectivity index (χ0v) is 14.4. The Balaban J connectivity index is 1.65. The second kappa shape index (κ2) is 4.83. The van der Waals surface area contributed by atoms with Crippen molar-refractivity contribution in [3.8, 4) is 0 Å². The van der Waals surface area contributed by atoms with Crippen LogP contribution in [0.25, 0.3) is 0 Å². The molecule has 2 heteroatoms. The fraction of sp³-hybridized carbons (Fsp3) is 0.900. The van der Waals surface area contributed by atoms with E-state index in [0.717, 1.165) is 36.5 Å². The van der Waals surface area contributed by atoms with Gasteiger partial charge >= 0.3 is 0 Å². The molecule has 3 fully saturated rings. The molecule has 6 unspecified atom stereocenters. The van der Waals surface area contributed by atoms with Crippen LogP contribution in [-0.2, 0) is 0 Å². The van der Waals surface area contributed by atoms with Crippen molar-refractivity contribution in [1.82, 2.24) is 0 Å². The minimum Gasteiger partial charge on any atom is -0.390 e. The zero-order chi connectivity index (χ0) is 15.7. The molecule has 0 amide bonds. The highest BCUT2D eigenvalue weighted by molar-refractivity contribution is 5.26. The first-order valence-corrected chi connectivity index (χ1v) is 9.45. The largest absolute Gasteiger partial charge is 0.390 e. The number of hydrogen-bond acceptors (Lipinski definition) is 2. The van der Waals surface area contributed by atoms with E-state index in [0.29, 0.717) is 0 Å². The molecule has 0 spiro atoms. The summed E-state index contributed by atoms with van der Waals surface area (Å²) < 4.78 is 0. The Morgan fingerprint density at radius 3 is 2.50 bits per heavy atom. The summed E-state index contributed by atoms with van der Waals surface area (Å²) in [5.74, 6) is 3.08. The zero-order valence-electron chi connectivity index (χ0n) is 14.4. The fourth-order valence-corrected chi connectivity index (χ4v) is 6.89. The normalized spacial score (nSPS) is 54.7. The monoisotopic (exact) mass is 304 g/mol. The maximum absolute atomic E-state index is 10.9. The number of hydrogen-bond donors (Lipinski definition) is 2. The average Bonchev–Trinajstić information content (AvgIpc) is 2.73. The summed E-state index contributed by atoms with van der Waals surface area (Å²) in [7, 11) is 0. The van der Waals surface area contributed by atoms with E-state index >= 15 is 0 Å². The molecule has 0 saturated heterocycles. The van der Waals surface area contributed by atoms with Gasteiger partial charge in [-0.2, -0.15) is 0 Å². The summed E-state index contributed by atoms with van der Waals surface area (Å²) in [6.07, 6.45) is 9.14. The van der Waals surface area contributed by atoms with Crippen LogP contribution in [0.5, 0.6) is 0 Å². The van der Waals surface area contributed by atoms with E-state index in [1.54, 1.807) is 5.57 Å². The van der Waals surface area contributed by atoms with Gasteiger partial charge in [-0.3, -0.25) is 0 Å². The molecule has 0 bridgehead atoms. The number of fused-ring (bicyclic) bond motifs is 5. The predicted molar refractivity (Wildman–Crippen MR) is 88.3 cm³/mol. The Morgan fingerprint density at radius 2 is 1.73 bits per heavy atom. The SMILES string of the molecule is CC1=C2CCC3C(CCC4(C)C3CC[C@]4(C)O)C2CCC1O. The van der Waals surface area contributed by atoms with Crippen LogP contribution in [0.1, 0.15) is 72.1 Å². The quantitative estimate of drug-likeness (QED) is 0.663. The van der Waals surface area contributed by atoms with Gasteiger partial charge in [0.05, 0.1) is 11.7 Å². The van der Waals surface area contributed by atoms with Crippen molar-refractivity contribution in [2.45, 2.75) is 83.8 Å². The van der Waals surface area contributed by atoms with E-state index in [2.05, 4.69) is 20.8 Å². The molecule has 0 aliphatic heterocycles. The molecule has 0 aromatic heterocycles. The standard InChI is InChI=1S/C20H32O2/c1-12-13-4-5-16-15(14(13)6-7-18(12)21)8-10-19(2)17(16)9-11-20(19,3)22/h14-18,21-22H,4-11H2,1-3H3/t14?,15?,16?,17?,18?,19?,20-/m0/s1. The fourth-order valence-electron chi connectivity index (χ4n) is 6.89. The van der Waals surface area contributed by atoms with E-state index in [-0.39, 0.29) is 11.5 Å². The number of rotatable bonds is 0. The molecule has 4 aliphatic carbocycles. The number of allylic oxidation sites excluding steroid dienone is 1. The van der Waals surface area contributed by atoms with Gasteiger partial charge in [0.25, 0.3) is 0 Å². The lowest BCUT2D eigenvalue weighted by molar-refractivity contribution is -0.107. The Bertz CT molecular complexity index is 506. The van der Waals surface area contributed by atoms with Gasteiger partial charge in [0, 0.05) is 0 Å². The number of aliphatic hydroxyl groups is 2. The van der Waals surface area contributed by atoms with Crippen LogP contribution in [0.4, 0.5) is 0 Å². The smallest absolute Gasteiger partial charge is 0.0750 e. The molecule has 2 N–H and O–H groups in total. The molecular formula is C20H32O2. The Kier molecular flexibility index (Phi) is 3.34. The topological polar surface area (TPSA) is 40.5 Å². The van der Waals surface area contributed by atoms with Gasteiger partial charge in [0.15, 0.2) is 0 Å². The highest BCUT2D eigenvalue weighted by Gasteiger charge is 2.60. The van der Waals surface area contributed by atoms with Crippen LogP contribution < -0.4 is 0 Å². The lowest BCUT2D eigenvalue weighted by atomic mass is 9.50. The molecule has 4 aliphatic rings. The summed E-state index contributed by atoms with van der Waals surface area (Å²) in [4.78, 5) is 0. The van der Waals surface area contributed by atoms with Crippen molar-refractivity contribution < 1.29 is 10.2 Å². The van der Waals surface area contributed by atoms with E-state index in [1.165, 1.54) is 44.1 Å². The molecule has 124 valence electrons. The lowest BCUT2D eigenvalue weighted by Gasteiger charge is -2.55. The average molecular weight is 304 g/mol. The second-order valence-electron chi connectivity index (χ2n) is 9.15. The van der Waals surface area contributed by atoms with Gasteiger partial charge < -0.3 is 10.2 Å². The van der Waals surface area contributed by atoms with Crippen molar-refractivity contribution in [2.24, 2.45) is 29.1 Å². The Labute approximate surface area is 135 Å². The third-order valence-electron chi connectivity index (χ3n) is 8.52. The summed E-state index contributed by atoms with van der Waals surface area (Å²) in [5.41, 5.74) is 2.57. The molecule has 22 heavy (non-hydrogen) atoms. The second-order valence-corrected chi connectivity index (χ2v) is 9.15. The first kappa shape index (κ1) is 15.2. The van der Waals surface area contributed by atoms with Crippen LogP contribution in [0.2, 0.25) is 0 Å². The van der Waals surface area contributed by atoms with Gasteiger partial charge in [0.2, 0.25) is 0 Å². The Morgan fingerprint density at radius 1 is 0.955 bits per heavy atom. The van der Waals surface area contributed by atoms with Crippen LogP contribution >= 0.6 is 0 Å². The van der Waals surface area contributed by atoms with Gasteiger partial charge in [-0.05, 0) is 99.9 Å². The van der Waals surface area contributed by atoms with Crippen LogP contribution in [-0.4, -0.2) is 21.9 Å². The molecule has 0 aromatic rings. The molecule has 0 heterocycles. The van der Waals surface area contributed by atoms with Gasteiger partial charge in [-0.1, -0.05) is 12.5 Å². The third-order valence-corrected chi connectivity index (χ3v) is 8.52. The Hall–Kier alpha value is -0.340. The van der Waals surface area contributed by atoms with E-state index in [9.17, 15) is 10.2 Å². The highest BCUT2D eigenvalue weighted by Crippen LogP contribution is 2.65. The molecule has 0 aromatic carbocycles. The van der Waals surface area contributed by atoms with Crippen LogP contribution in [0.3, 0.4) is 0 Å². The van der Waals surface area contributed by atoms with Crippen molar-refractivity contribution in [3.63, 3.8) is 0 Å². The van der Waals surface area contributed by atoms with Gasteiger partial charge in [-0.25, -0.2) is 0 Å². The van der Waals surface area contributed by atoms with Gasteiger partial charge in [-0.15, -0.1) is 0 Å². The highest BCUT2D eigenvalue weighted by atomic mass is 16.3. The predicted octanol–water partition coefficient (Wildman–Crippen LogP) is 4.06. The first-order chi connectivity index (χ1) is 10.3. The molecule has 3 saturated carbocycles. The minimum absolute atomic E-state index is 0.138. The maximum atomic E-state index is 10.9. The van der Waals surface area contributed by atoms with Crippen LogP contribution in [0, 0.1) is 29.1 Å². The van der Waals surface area contributed by atoms with Crippen molar-refractivity contribution in [3.05, 3.63) is 11.1 Å². The van der Waals surface area contributed by atoms with Gasteiger partial charge in [0.1, 0.15) is 0 Å². The molecular weight excluding hydrogens is 272 g/mol. The molecule has 2 nitrogen and oxygen atoms in total. The van der Waals surface area contributed by atoms with Crippen LogP contribution in [0.15, 0.2) is 11.1 Å². The molecule has 0 radical (unpaired) electrons. The summed E-state index contributed by atoms with van der Waals surface area (Å²) >= 11 is 0. The molecule has 7 atom stereocenters. The first-order valence-electron chi connectivity index (χ1n) is 9.45. The minimum atomic E-state index is -0.461. The van der Waals surface area contributed by atoms with E-state index < -0.39 is 5.60 Å². The van der Waals surface area contributed by atoms with E-state index in [4.69, 9.17) is 0 Å². The molecule has 4 rings (SSSR count). The summed E-state index contributed by atoms with van der Waals surface area (Å²) in [6.45, 7) is 6.62. The third kappa shape index (κ3) is 1.86. The van der Waals surface area contributed by atoms with Crippen molar-refractivity contribution in [1.29, 1.82) is 0 Å². The number of aliphatic hydroxyl groups excluding tert-OH is 1. The van der Waals surface area contributed by atoms with E-state index in [1.807, 2.05) is 0 Å². The van der Waals surface area contributed by atoms with Crippen molar-refractivity contribution in [2.75, 3.05) is 0 Å².